The number of amides is 1. The van der Waals surface area contributed by atoms with E-state index >= 15 is 0 Å². The van der Waals surface area contributed by atoms with Crippen LogP contribution in [-0.4, -0.2) is 29.5 Å². The van der Waals surface area contributed by atoms with Gasteiger partial charge in [0.25, 0.3) is 0 Å². The number of carbonyl (C=O) groups is 1. The van der Waals surface area contributed by atoms with Crippen molar-refractivity contribution in [2.45, 2.75) is 52.1 Å². The van der Waals surface area contributed by atoms with E-state index in [9.17, 15) is 4.79 Å². The molecule has 2 aliphatic rings. The molecule has 2 fully saturated rings. The van der Waals surface area contributed by atoms with E-state index in [2.05, 4.69) is 26.1 Å². The molecular formula is C14H26N2OS. The lowest BCUT2D eigenvalue weighted by molar-refractivity contribution is -0.133. The number of nitrogens with two attached hydrogens (primary N) is 1. The molecule has 3 N–H and O–H groups in total. The van der Waals surface area contributed by atoms with Crippen molar-refractivity contribution in [2.24, 2.45) is 23.0 Å². The number of nitrogens with one attached hydrogen (secondary N) is 1. The Kier molecular flexibility index (Phi) is 4.27. The van der Waals surface area contributed by atoms with Crippen molar-refractivity contribution >= 4 is 17.7 Å². The predicted molar refractivity (Wildman–Crippen MR) is 77.5 cm³/mol. The predicted octanol–water partition coefficient (Wildman–Crippen LogP) is 2.01. The van der Waals surface area contributed by atoms with E-state index in [1.807, 2.05) is 11.8 Å². The van der Waals surface area contributed by atoms with Gasteiger partial charge < -0.3 is 11.1 Å². The highest BCUT2D eigenvalue weighted by atomic mass is 32.2. The summed E-state index contributed by atoms with van der Waals surface area (Å²) in [6, 6.07) is 0.635. The van der Waals surface area contributed by atoms with E-state index in [0.717, 1.165) is 25.0 Å². The number of hydrogen-bond acceptors (Lipinski definition) is 3. The minimum atomic E-state index is 0.00744. The molecule has 1 heterocycles. The van der Waals surface area contributed by atoms with Gasteiger partial charge in [-0.1, -0.05) is 20.8 Å². The number of carbonyl (C=O) groups excluding carboxylic acids is 1. The fourth-order valence-electron chi connectivity index (χ4n) is 3.27. The van der Waals surface area contributed by atoms with Crippen LogP contribution in [0.15, 0.2) is 0 Å². The Hall–Kier alpha value is -0.220. The molecule has 1 amide bonds. The first-order valence-electron chi connectivity index (χ1n) is 7.06. The van der Waals surface area contributed by atoms with Crippen LogP contribution >= 0.6 is 11.8 Å². The zero-order valence-electron chi connectivity index (χ0n) is 11.7. The number of rotatable bonds is 2. The van der Waals surface area contributed by atoms with Crippen LogP contribution in [-0.2, 0) is 4.79 Å². The van der Waals surface area contributed by atoms with E-state index < -0.39 is 0 Å². The number of hydrogen-bond donors (Lipinski definition) is 2. The Balaban J connectivity index is 2.00. The Bertz CT molecular complexity index is 313. The van der Waals surface area contributed by atoms with Crippen LogP contribution in [0.4, 0.5) is 0 Å². The molecule has 104 valence electrons. The standard InChI is InChI=1S/C14H26N2OS/c1-9-12(15)5-4-11(14(9,2)3)13(17)16-10-6-7-18-8-10/h9-12H,4-8,15H2,1-3H3,(H,16,17). The van der Waals surface area contributed by atoms with Crippen molar-refractivity contribution in [3.63, 3.8) is 0 Å². The molecule has 1 aliphatic carbocycles. The minimum Gasteiger partial charge on any atom is -0.352 e. The maximum Gasteiger partial charge on any atom is 0.223 e. The Labute approximate surface area is 115 Å². The van der Waals surface area contributed by atoms with Crippen molar-refractivity contribution in [1.82, 2.24) is 5.32 Å². The van der Waals surface area contributed by atoms with Gasteiger partial charge in [0.05, 0.1) is 0 Å². The quantitative estimate of drug-likeness (QED) is 0.807. The van der Waals surface area contributed by atoms with Crippen molar-refractivity contribution < 1.29 is 4.79 Å². The fraction of sp³-hybridized carbons (Fsp3) is 0.929. The Morgan fingerprint density at radius 1 is 1.33 bits per heavy atom. The van der Waals surface area contributed by atoms with Gasteiger partial charge in [0, 0.05) is 23.8 Å². The first-order valence-corrected chi connectivity index (χ1v) is 8.22. The summed E-state index contributed by atoms with van der Waals surface area (Å²) in [5.41, 5.74) is 6.15. The van der Waals surface area contributed by atoms with Crippen LogP contribution in [0.3, 0.4) is 0 Å². The topological polar surface area (TPSA) is 55.1 Å². The van der Waals surface area contributed by atoms with Gasteiger partial charge in [0.15, 0.2) is 0 Å². The highest BCUT2D eigenvalue weighted by molar-refractivity contribution is 7.99. The van der Waals surface area contributed by atoms with Gasteiger partial charge in [-0.25, -0.2) is 0 Å². The minimum absolute atomic E-state index is 0.00744. The lowest BCUT2D eigenvalue weighted by Crippen LogP contribution is -2.52. The maximum absolute atomic E-state index is 12.5. The van der Waals surface area contributed by atoms with Crippen LogP contribution in [0.5, 0.6) is 0 Å². The van der Waals surface area contributed by atoms with Gasteiger partial charge in [0.2, 0.25) is 5.91 Å². The molecule has 4 heteroatoms. The molecule has 0 aromatic heterocycles. The molecule has 1 saturated carbocycles. The van der Waals surface area contributed by atoms with Gasteiger partial charge in [-0.15, -0.1) is 0 Å². The van der Waals surface area contributed by atoms with E-state index in [-0.39, 0.29) is 23.3 Å². The average Bonchev–Trinajstić information content (AvgIpc) is 2.78. The summed E-state index contributed by atoms with van der Waals surface area (Å²) in [4.78, 5) is 12.5. The molecule has 4 unspecified atom stereocenters. The van der Waals surface area contributed by atoms with E-state index in [1.54, 1.807) is 0 Å². The van der Waals surface area contributed by atoms with Crippen LogP contribution in [0.25, 0.3) is 0 Å². The number of thioether (sulfide) groups is 1. The highest BCUT2D eigenvalue weighted by Gasteiger charge is 2.45. The van der Waals surface area contributed by atoms with Crippen LogP contribution in [0, 0.1) is 17.3 Å². The first-order chi connectivity index (χ1) is 8.43. The molecular weight excluding hydrogens is 244 g/mol. The zero-order chi connectivity index (χ0) is 13.3. The Morgan fingerprint density at radius 3 is 2.67 bits per heavy atom. The van der Waals surface area contributed by atoms with Crippen molar-refractivity contribution in [3.05, 3.63) is 0 Å². The largest absolute Gasteiger partial charge is 0.352 e. The van der Waals surface area contributed by atoms with Gasteiger partial charge in [-0.2, -0.15) is 11.8 Å². The SMILES string of the molecule is CC1C(N)CCC(C(=O)NC2CCSC2)C1(C)C. The molecule has 1 aliphatic heterocycles. The third kappa shape index (κ3) is 2.69. The van der Waals surface area contributed by atoms with Gasteiger partial charge in [0.1, 0.15) is 0 Å². The monoisotopic (exact) mass is 270 g/mol. The fourth-order valence-corrected chi connectivity index (χ4v) is 4.42. The lowest BCUT2D eigenvalue weighted by Gasteiger charge is -2.46. The van der Waals surface area contributed by atoms with Crippen molar-refractivity contribution in [1.29, 1.82) is 0 Å². The summed E-state index contributed by atoms with van der Waals surface area (Å²) < 4.78 is 0. The average molecular weight is 270 g/mol. The van der Waals surface area contributed by atoms with Crippen LogP contribution < -0.4 is 11.1 Å². The second-order valence-electron chi connectivity index (χ2n) is 6.47. The summed E-state index contributed by atoms with van der Waals surface area (Å²) in [5, 5.41) is 3.24. The second-order valence-corrected chi connectivity index (χ2v) is 7.62. The summed E-state index contributed by atoms with van der Waals surface area (Å²) in [5.74, 6) is 3.04. The highest BCUT2D eigenvalue weighted by Crippen LogP contribution is 2.44. The van der Waals surface area contributed by atoms with Gasteiger partial charge in [-0.05, 0) is 36.3 Å². The third-order valence-corrected chi connectivity index (χ3v) is 6.26. The molecule has 2 rings (SSSR count). The summed E-state index contributed by atoms with van der Waals surface area (Å²) in [6.45, 7) is 6.59. The molecule has 0 aromatic carbocycles. The maximum atomic E-state index is 12.5. The van der Waals surface area contributed by atoms with Gasteiger partial charge >= 0.3 is 0 Å². The summed E-state index contributed by atoms with van der Waals surface area (Å²) in [7, 11) is 0. The normalized spacial score (nSPS) is 39.6. The second kappa shape index (κ2) is 5.41. The van der Waals surface area contributed by atoms with Gasteiger partial charge in [-0.3, -0.25) is 4.79 Å². The van der Waals surface area contributed by atoms with E-state index in [0.29, 0.717) is 12.0 Å². The van der Waals surface area contributed by atoms with Crippen molar-refractivity contribution in [3.8, 4) is 0 Å². The van der Waals surface area contributed by atoms with Crippen LogP contribution in [0.2, 0.25) is 0 Å². The molecule has 4 atom stereocenters. The Morgan fingerprint density at radius 2 is 2.06 bits per heavy atom. The molecule has 18 heavy (non-hydrogen) atoms. The molecule has 0 bridgehead atoms. The smallest absolute Gasteiger partial charge is 0.223 e. The molecule has 3 nitrogen and oxygen atoms in total. The third-order valence-electron chi connectivity index (χ3n) is 5.10. The summed E-state index contributed by atoms with van der Waals surface area (Å²) in [6.07, 6.45) is 3.03. The molecule has 0 aromatic rings. The lowest BCUT2D eigenvalue weighted by atomic mass is 9.61. The van der Waals surface area contributed by atoms with E-state index in [1.165, 1.54) is 5.75 Å². The molecule has 0 spiro atoms. The van der Waals surface area contributed by atoms with E-state index in [4.69, 9.17) is 5.73 Å². The first kappa shape index (κ1) is 14.2. The van der Waals surface area contributed by atoms with Crippen LogP contribution in [0.1, 0.15) is 40.0 Å². The molecule has 1 saturated heterocycles. The van der Waals surface area contributed by atoms with Crippen molar-refractivity contribution in [2.75, 3.05) is 11.5 Å². The summed E-state index contributed by atoms with van der Waals surface area (Å²) >= 11 is 1.94. The zero-order valence-corrected chi connectivity index (χ0v) is 12.6. The molecule has 0 radical (unpaired) electrons.